The highest BCUT2D eigenvalue weighted by Crippen LogP contribution is 2.22. The van der Waals surface area contributed by atoms with E-state index in [-0.39, 0.29) is 18.1 Å². The standard InChI is InChI=1S/C19H28N2O4/c1-6-25-16(22)14-9-7-8-10-15(14)21-18(24)19(4,5)17(23)20-12-11-13(2)3/h7-10,13H,6,11-12H2,1-5H3,(H,20,23)(H,21,24). The van der Waals surface area contributed by atoms with Crippen molar-refractivity contribution in [2.75, 3.05) is 18.5 Å². The van der Waals surface area contributed by atoms with Gasteiger partial charge in [-0.25, -0.2) is 4.79 Å². The van der Waals surface area contributed by atoms with Gasteiger partial charge in [0, 0.05) is 6.54 Å². The Morgan fingerprint density at radius 1 is 1.12 bits per heavy atom. The first-order chi connectivity index (χ1) is 11.7. The highest BCUT2D eigenvalue weighted by Gasteiger charge is 2.36. The molecule has 0 bridgehead atoms. The summed E-state index contributed by atoms with van der Waals surface area (Å²) >= 11 is 0. The number of amides is 2. The van der Waals surface area contributed by atoms with E-state index in [4.69, 9.17) is 4.74 Å². The van der Waals surface area contributed by atoms with E-state index in [1.54, 1.807) is 45.0 Å². The Bertz CT molecular complexity index is 624. The van der Waals surface area contributed by atoms with Gasteiger partial charge < -0.3 is 15.4 Å². The Morgan fingerprint density at radius 3 is 2.36 bits per heavy atom. The molecule has 0 spiro atoms. The molecule has 0 aromatic heterocycles. The molecule has 0 aliphatic rings. The van der Waals surface area contributed by atoms with Gasteiger partial charge in [-0.3, -0.25) is 9.59 Å². The number of esters is 1. The summed E-state index contributed by atoms with van der Waals surface area (Å²) in [5, 5.41) is 5.46. The number of carbonyl (C=O) groups excluding carboxylic acids is 3. The number of anilines is 1. The van der Waals surface area contributed by atoms with Crippen molar-refractivity contribution in [3.63, 3.8) is 0 Å². The molecule has 1 aromatic carbocycles. The first-order valence-corrected chi connectivity index (χ1v) is 8.56. The third kappa shape index (κ3) is 5.89. The second kappa shape index (κ2) is 9.20. The van der Waals surface area contributed by atoms with Crippen LogP contribution in [0.4, 0.5) is 5.69 Å². The van der Waals surface area contributed by atoms with Crippen LogP contribution in [-0.2, 0) is 14.3 Å². The average Bonchev–Trinajstić information content (AvgIpc) is 2.54. The minimum absolute atomic E-state index is 0.241. The van der Waals surface area contributed by atoms with Crippen molar-refractivity contribution in [2.45, 2.75) is 41.0 Å². The molecule has 0 heterocycles. The predicted molar refractivity (Wildman–Crippen MR) is 97.3 cm³/mol. The maximum atomic E-state index is 12.6. The molecule has 6 nitrogen and oxygen atoms in total. The van der Waals surface area contributed by atoms with Crippen molar-refractivity contribution in [2.24, 2.45) is 11.3 Å². The van der Waals surface area contributed by atoms with Crippen molar-refractivity contribution < 1.29 is 19.1 Å². The summed E-state index contributed by atoms with van der Waals surface area (Å²) < 4.78 is 4.99. The summed E-state index contributed by atoms with van der Waals surface area (Å²) in [5.41, 5.74) is -0.679. The summed E-state index contributed by atoms with van der Waals surface area (Å²) in [6.45, 7) is 9.72. The van der Waals surface area contributed by atoms with Crippen molar-refractivity contribution in [3.8, 4) is 0 Å². The fourth-order valence-electron chi connectivity index (χ4n) is 2.06. The van der Waals surface area contributed by atoms with E-state index in [0.29, 0.717) is 18.2 Å². The van der Waals surface area contributed by atoms with Crippen LogP contribution in [0.1, 0.15) is 51.4 Å². The molecule has 2 N–H and O–H groups in total. The largest absolute Gasteiger partial charge is 0.462 e. The molecule has 0 aliphatic heterocycles. The molecule has 2 amide bonds. The maximum Gasteiger partial charge on any atom is 0.340 e. The second-order valence-corrected chi connectivity index (χ2v) is 6.78. The molecule has 0 saturated heterocycles. The Hall–Kier alpha value is -2.37. The van der Waals surface area contributed by atoms with Crippen LogP contribution in [-0.4, -0.2) is 30.9 Å². The smallest absolute Gasteiger partial charge is 0.340 e. The minimum Gasteiger partial charge on any atom is -0.462 e. The molecule has 138 valence electrons. The third-order valence-electron chi connectivity index (χ3n) is 3.81. The Kier molecular flexibility index (Phi) is 7.61. The number of ether oxygens (including phenoxy) is 1. The van der Waals surface area contributed by atoms with Gasteiger partial charge >= 0.3 is 5.97 Å². The third-order valence-corrected chi connectivity index (χ3v) is 3.81. The lowest BCUT2D eigenvalue weighted by Crippen LogP contribution is -2.45. The zero-order chi connectivity index (χ0) is 19.0. The van der Waals surface area contributed by atoms with Crippen molar-refractivity contribution in [1.29, 1.82) is 0 Å². The van der Waals surface area contributed by atoms with E-state index >= 15 is 0 Å². The van der Waals surface area contributed by atoms with E-state index in [9.17, 15) is 14.4 Å². The summed E-state index contributed by atoms with van der Waals surface area (Å²) in [7, 11) is 0. The molecule has 0 unspecified atom stereocenters. The van der Waals surface area contributed by atoms with E-state index in [2.05, 4.69) is 24.5 Å². The number of rotatable bonds is 8. The fraction of sp³-hybridized carbons (Fsp3) is 0.526. The summed E-state index contributed by atoms with van der Waals surface area (Å²) in [5.74, 6) is -0.878. The maximum absolute atomic E-state index is 12.6. The van der Waals surface area contributed by atoms with Crippen LogP contribution >= 0.6 is 0 Å². The number of hydrogen-bond donors (Lipinski definition) is 2. The van der Waals surface area contributed by atoms with Gasteiger partial charge in [0.05, 0.1) is 17.9 Å². The number of hydrogen-bond acceptors (Lipinski definition) is 4. The van der Waals surface area contributed by atoms with Gasteiger partial charge in [-0.05, 0) is 45.2 Å². The van der Waals surface area contributed by atoms with Crippen LogP contribution in [0.3, 0.4) is 0 Å². The van der Waals surface area contributed by atoms with Gasteiger partial charge in [-0.1, -0.05) is 26.0 Å². The fourth-order valence-corrected chi connectivity index (χ4v) is 2.06. The van der Waals surface area contributed by atoms with E-state index in [1.807, 2.05) is 0 Å². The van der Waals surface area contributed by atoms with Crippen LogP contribution in [0, 0.1) is 11.3 Å². The zero-order valence-corrected chi connectivity index (χ0v) is 15.6. The Balaban J connectivity index is 2.83. The van der Waals surface area contributed by atoms with Crippen LogP contribution in [0.2, 0.25) is 0 Å². The number of benzene rings is 1. The monoisotopic (exact) mass is 348 g/mol. The lowest BCUT2D eigenvalue weighted by atomic mass is 9.90. The number of para-hydroxylation sites is 1. The molecule has 1 aromatic rings. The molecule has 1 rings (SSSR count). The Labute approximate surface area is 149 Å². The second-order valence-electron chi connectivity index (χ2n) is 6.78. The predicted octanol–water partition coefficient (Wildman–Crippen LogP) is 2.99. The molecule has 0 fully saturated rings. The molecular weight excluding hydrogens is 320 g/mol. The van der Waals surface area contributed by atoms with Gasteiger partial charge in [0.15, 0.2) is 0 Å². The van der Waals surface area contributed by atoms with Crippen LogP contribution in [0.5, 0.6) is 0 Å². The zero-order valence-electron chi connectivity index (χ0n) is 15.6. The van der Waals surface area contributed by atoms with Gasteiger partial charge in [-0.15, -0.1) is 0 Å². The van der Waals surface area contributed by atoms with Gasteiger partial charge in [0.2, 0.25) is 11.8 Å². The van der Waals surface area contributed by atoms with E-state index in [0.717, 1.165) is 6.42 Å². The van der Waals surface area contributed by atoms with Gasteiger partial charge in [0.1, 0.15) is 5.41 Å². The molecule has 0 saturated carbocycles. The normalized spacial score (nSPS) is 11.1. The first kappa shape index (κ1) is 20.7. The number of nitrogens with one attached hydrogen (secondary N) is 2. The average molecular weight is 348 g/mol. The minimum atomic E-state index is -1.27. The molecule has 0 aliphatic carbocycles. The van der Waals surface area contributed by atoms with Crippen LogP contribution in [0.25, 0.3) is 0 Å². The molecule has 25 heavy (non-hydrogen) atoms. The Morgan fingerprint density at radius 2 is 1.76 bits per heavy atom. The molecule has 0 radical (unpaired) electrons. The molecule has 6 heteroatoms. The topological polar surface area (TPSA) is 84.5 Å². The van der Waals surface area contributed by atoms with Gasteiger partial charge in [-0.2, -0.15) is 0 Å². The summed E-state index contributed by atoms with van der Waals surface area (Å²) in [6.07, 6.45) is 0.842. The molecule has 0 atom stereocenters. The first-order valence-electron chi connectivity index (χ1n) is 8.56. The SMILES string of the molecule is CCOC(=O)c1ccccc1NC(=O)C(C)(C)C(=O)NCCC(C)C. The highest BCUT2D eigenvalue weighted by molar-refractivity contribution is 6.11. The lowest BCUT2D eigenvalue weighted by molar-refractivity contribution is -0.138. The van der Waals surface area contributed by atoms with Crippen molar-refractivity contribution in [3.05, 3.63) is 29.8 Å². The van der Waals surface area contributed by atoms with Crippen molar-refractivity contribution >= 4 is 23.5 Å². The van der Waals surface area contributed by atoms with E-state index < -0.39 is 17.3 Å². The molecular formula is C19H28N2O4. The van der Waals surface area contributed by atoms with Gasteiger partial charge in [0.25, 0.3) is 0 Å². The summed E-state index contributed by atoms with van der Waals surface area (Å²) in [4.78, 5) is 36.9. The van der Waals surface area contributed by atoms with Crippen LogP contribution in [0.15, 0.2) is 24.3 Å². The quantitative estimate of drug-likeness (QED) is 0.559. The number of carbonyl (C=O) groups is 3. The lowest BCUT2D eigenvalue weighted by Gasteiger charge is -2.23. The van der Waals surface area contributed by atoms with Crippen LogP contribution < -0.4 is 10.6 Å². The summed E-state index contributed by atoms with van der Waals surface area (Å²) in [6, 6.07) is 6.57. The van der Waals surface area contributed by atoms with Crippen molar-refractivity contribution in [1.82, 2.24) is 5.32 Å². The van der Waals surface area contributed by atoms with E-state index in [1.165, 1.54) is 0 Å². The highest BCUT2D eigenvalue weighted by atomic mass is 16.5.